The van der Waals surface area contributed by atoms with Gasteiger partial charge >= 0.3 is 11.2 Å². The number of H-pyrrole nitrogens is 1. The van der Waals surface area contributed by atoms with Crippen LogP contribution in [0.1, 0.15) is 25.5 Å². The predicted octanol–water partition coefficient (Wildman–Crippen LogP) is 1.63. The molecule has 0 bridgehead atoms. The normalized spacial score (nSPS) is 10.1. The number of aryl methyl sites for hydroxylation is 1. The van der Waals surface area contributed by atoms with Gasteiger partial charge in [-0.3, -0.25) is 14.9 Å². The van der Waals surface area contributed by atoms with Crippen LogP contribution in [0.4, 0.5) is 5.69 Å². The van der Waals surface area contributed by atoms with Crippen molar-refractivity contribution in [2.45, 2.75) is 26.2 Å². The molecule has 0 amide bonds. The lowest BCUT2D eigenvalue weighted by Gasteiger charge is -1.98. The summed E-state index contributed by atoms with van der Waals surface area (Å²) in [5.74, 6) is 0. The van der Waals surface area contributed by atoms with E-state index in [1.54, 1.807) is 6.07 Å². The number of unbranched alkanes of at least 4 members (excludes halogenated alkanes) is 1. The zero-order valence-corrected chi connectivity index (χ0v) is 7.95. The molecule has 1 heterocycles. The highest BCUT2D eigenvalue weighted by molar-refractivity contribution is 5.26. The number of nitro groups is 1. The fourth-order valence-corrected chi connectivity index (χ4v) is 1.16. The smallest absolute Gasteiger partial charge is 0.320 e. The summed E-state index contributed by atoms with van der Waals surface area (Å²) in [6.45, 7) is 2.05. The molecular weight excluding hydrogens is 184 g/mol. The first-order valence-electron chi connectivity index (χ1n) is 4.51. The van der Waals surface area contributed by atoms with Crippen molar-refractivity contribution < 1.29 is 4.92 Å². The van der Waals surface area contributed by atoms with Crippen molar-refractivity contribution >= 4 is 5.69 Å². The third kappa shape index (κ3) is 2.42. The van der Waals surface area contributed by atoms with E-state index in [4.69, 9.17) is 0 Å². The van der Waals surface area contributed by atoms with Gasteiger partial charge in [0.2, 0.25) is 0 Å². The van der Waals surface area contributed by atoms with Crippen molar-refractivity contribution in [1.82, 2.24) is 4.98 Å². The first kappa shape index (κ1) is 10.4. The zero-order chi connectivity index (χ0) is 10.6. The highest BCUT2D eigenvalue weighted by Crippen LogP contribution is 2.05. The van der Waals surface area contributed by atoms with Crippen LogP contribution in [0.15, 0.2) is 16.9 Å². The molecular formula is C9H12N2O3. The first-order valence-corrected chi connectivity index (χ1v) is 4.51. The molecule has 76 valence electrons. The Balaban J connectivity index is 2.89. The molecule has 0 saturated carbocycles. The average Bonchev–Trinajstić information content (AvgIpc) is 2.14. The lowest BCUT2D eigenvalue weighted by atomic mass is 10.2. The number of hydrogen-bond donors (Lipinski definition) is 1. The average molecular weight is 196 g/mol. The Morgan fingerprint density at radius 1 is 1.50 bits per heavy atom. The van der Waals surface area contributed by atoms with Gasteiger partial charge in [0.25, 0.3) is 0 Å². The minimum absolute atomic E-state index is 0.398. The molecule has 0 spiro atoms. The molecule has 0 aliphatic rings. The van der Waals surface area contributed by atoms with Gasteiger partial charge in [-0.2, -0.15) is 0 Å². The summed E-state index contributed by atoms with van der Waals surface area (Å²) in [7, 11) is 0. The SMILES string of the molecule is CCCCc1ccc([N+](=O)[O-])c(=O)[nH]1. The topological polar surface area (TPSA) is 76.0 Å². The monoisotopic (exact) mass is 196 g/mol. The third-order valence-electron chi connectivity index (χ3n) is 1.95. The van der Waals surface area contributed by atoms with E-state index in [1.807, 2.05) is 6.92 Å². The van der Waals surface area contributed by atoms with Crippen LogP contribution in [0, 0.1) is 10.1 Å². The van der Waals surface area contributed by atoms with Crippen molar-refractivity contribution in [1.29, 1.82) is 0 Å². The Morgan fingerprint density at radius 3 is 2.71 bits per heavy atom. The fourth-order valence-electron chi connectivity index (χ4n) is 1.16. The predicted molar refractivity (Wildman–Crippen MR) is 52.3 cm³/mol. The van der Waals surface area contributed by atoms with Gasteiger partial charge in [0.05, 0.1) is 4.92 Å². The number of rotatable bonds is 4. The van der Waals surface area contributed by atoms with Crippen molar-refractivity contribution in [2.24, 2.45) is 0 Å². The zero-order valence-electron chi connectivity index (χ0n) is 7.95. The van der Waals surface area contributed by atoms with Gasteiger partial charge in [0.1, 0.15) is 0 Å². The summed E-state index contributed by atoms with van der Waals surface area (Å²) in [4.78, 5) is 23.3. The third-order valence-corrected chi connectivity index (χ3v) is 1.95. The molecule has 0 unspecified atom stereocenters. The first-order chi connectivity index (χ1) is 6.65. The quantitative estimate of drug-likeness (QED) is 0.587. The van der Waals surface area contributed by atoms with E-state index in [0.29, 0.717) is 0 Å². The van der Waals surface area contributed by atoms with E-state index < -0.39 is 16.2 Å². The van der Waals surface area contributed by atoms with Crippen molar-refractivity contribution in [3.05, 3.63) is 38.3 Å². The molecule has 0 aliphatic heterocycles. The summed E-state index contributed by atoms with van der Waals surface area (Å²) in [5, 5.41) is 10.3. The van der Waals surface area contributed by atoms with Gasteiger partial charge in [-0.25, -0.2) is 0 Å². The number of nitrogens with zero attached hydrogens (tertiary/aromatic N) is 1. The Morgan fingerprint density at radius 2 is 2.21 bits per heavy atom. The van der Waals surface area contributed by atoms with Crippen molar-refractivity contribution in [2.75, 3.05) is 0 Å². The summed E-state index contributed by atoms with van der Waals surface area (Å²) >= 11 is 0. The largest absolute Gasteiger partial charge is 0.333 e. The standard InChI is InChI=1S/C9H12N2O3/c1-2-3-4-7-5-6-8(11(13)14)9(12)10-7/h5-6H,2-4H2,1H3,(H,10,12). The molecule has 0 aromatic carbocycles. The van der Waals surface area contributed by atoms with Crippen molar-refractivity contribution in [3.63, 3.8) is 0 Å². The van der Waals surface area contributed by atoms with Crippen LogP contribution >= 0.6 is 0 Å². The van der Waals surface area contributed by atoms with Crippen molar-refractivity contribution in [3.8, 4) is 0 Å². The molecule has 0 saturated heterocycles. The fraction of sp³-hybridized carbons (Fsp3) is 0.444. The van der Waals surface area contributed by atoms with E-state index in [9.17, 15) is 14.9 Å². The van der Waals surface area contributed by atoms with Crippen LogP contribution in [0.5, 0.6) is 0 Å². The number of hydrogen-bond acceptors (Lipinski definition) is 3. The number of aromatic amines is 1. The summed E-state index contributed by atoms with van der Waals surface area (Å²) in [5.41, 5.74) is -0.267. The molecule has 0 atom stereocenters. The van der Waals surface area contributed by atoms with E-state index in [2.05, 4.69) is 4.98 Å². The molecule has 0 fully saturated rings. The lowest BCUT2D eigenvalue weighted by molar-refractivity contribution is -0.386. The summed E-state index contributed by atoms with van der Waals surface area (Å²) in [6.07, 6.45) is 2.75. The van der Waals surface area contributed by atoms with Crippen LogP contribution in [-0.2, 0) is 6.42 Å². The molecule has 5 heteroatoms. The van der Waals surface area contributed by atoms with Gasteiger partial charge in [-0.05, 0) is 18.9 Å². The summed E-state index contributed by atoms with van der Waals surface area (Å²) in [6, 6.07) is 2.85. The van der Waals surface area contributed by atoms with Gasteiger partial charge in [0.15, 0.2) is 0 Å². The van der Waals surface area contributed by atoms with Crippen LogP contribution in [0.3, 0.4) is 0 Å². The molecule has 0 aliphatic carbocycles. The van der Waals surface area contributed by atoms with Gasteiger partial charge in [0, 0.05) is 11.8 Å². The van der Waals surface area contributed by atoms with E-state index in [1.165, 1.54) is 6.07 Å². The maximum absolute atomic E-state index is 11.1. The highest BCUT2D eigenvalue weighted by Gasteiger charge is 2.10. The maximum atomic E-state index is 11.1. The molecule has 1 aromatic rings. The highest BCUT2D eigenvalue weighted by atomic mass is 16.6. The maximum Gasteiger partial charge on any atom is 0.333 e. The number of aromatic nitrogens is 1. The molecule has 5 nitrogen and oxygen atoms in total. The summed E-state index contributed by atoms with van der Waals surface area (Å²) < 4.78 is 0. The molecule has 14 heavy (non-hydrogen) atoms. The van der Waals surface area contributed by atoms with Gasteiger partial charge in [-0.15, -0.1) is 0 Å². The van der Waals surface area contributed by atoms with E-state index >= 15 is 0 Å². The van der Waals surface area contributed by atoms with Crippen LogP contribution in [-0.4, -0.2) is 9.91 Å². The second kappa shape index (κ2) is 4.55. The Bertz CT molecular complexity index is 384. The minimum Gasteiger partial charge on any atom is -0.320 e. The van der Waals surface area contributed by atoms with Crippen LogP contribution < -0.4 is 5.56 Å². The van der Waals surface area contributed by atoms with Gasteiger partial charge in [-0.1, -0.05) is 13.3 Å². The minimum atomic E-state index is -0.678. The molecule has 1 N–H and O–H groups in total. The Labute approximate surface area is 80.9 Å². The molecule has 1 rings (SSSR count). The van der Waals surface area contributed by atoms with Crippen LogP contribution in [0.25, 0.3) is 0 Å². The molecule has 0 radical (unpaired) electrons. The Kier molecular flexibility index (Phi) is 3.39. The van der Waals surface area contributed by atoms with E-state index in [0.717, 1.165) is 25.0 Å². The lowest BCUT2D eigenvalue weighted by Crippen LogP contribution is -2.13. The van der Waals surface area contributed by atoms with Gasteiger partial charge < -0.3 is 4.98 Å². The van der Waals surface area contributed by atoms with Crippen LogP contribution in [0.2, 0.25) is 0 Å². The number of nitrogens with one attached hydrogen (secondary N) is 1. The number of pyridine rings is 1. The second-order valence-electron chi connectivity index (χ2n) is 3.06. The molecule has 1 aromatic heterocycles. The Hall–Kier alpha value is -1.65. The van der Waals surface area contributed by atoms with E-state index in [-0.39, 0.29) is 0 Å². The second-order valence-corrected chi connectivity index (χ2v) is 3.06.